The Hall–Kier alpha value is -2.60. The molecule has 0 fully saturated rings. The zero-order valence-electron chi connectivity index (χ0n) is 20.5. The number of benzene rings is 1. The van der Waals surface area contributed by atoms with Crippen LogP contribution in [0.1, 0.15) is 70.4 Å². The SMILES string of the molecule is CC.CC.CCOC(=O)c1cn2c(cc1=O)-c1ccc(O)cc1CC2C(C)C.COC. The fourth-order valence-corrected chi connectivity index (χ4v) is 3.28. The summed E-state index contributed by atoms with van der Waals surface area (Å²) >= 11 is 0. The lowest BCUT2D eigenvalue weighted by molar-refractivity contribution is 0.0523. The lowest BCUT2D eigenvalue weighted by atomic mass is 9.87. The number of hydrogen-bond acceptors (Lipinski definition) is 5. The molecule has 1 aliphatic heterocycles. The number of fused-ring (bicyclic) bond motifs is 3. The van der Waals surface area contributed by atoms with E-state index < -0.39 is 5.97 Å². The normalized spacial score (nSPS) is 13.2. The minimum Gasteiger partial charge on any atom is -0.508 e. The quantitative estimate of drug-likeness (QED) is 0.650. The van der Waals surface area contributed by atoms with E-state index in [2.05, 4.69) is 18.6 Å². The number of nitrogens with zero attached hydrogens (tertiary/aromatic N) is 1. The fraction of sp³-hybridized carbons (Fsp3) is 0.520. The molecule has 1 atom stereocenters. The van der Waals surface area contributed by atoms with Crippen LogP contribution >= 0.6 is 0 Å². The number of pyridine rings is 1. The van der Waals surface area contributed by atoms with Crippen LogP contribution in [-0.4, -0.2) is 36.5 Å². The van der Waals surface area contributed by atoms with Crippen molar-refractivity contribution in [2.24, 2.45) is 5.92 Å². The minimum atomic E-state index is -0.586. The first kappa shape index (κ1) is 28.4. The number of hydrogen-bond donors (Lipinski definition) is 1. The highest BCUT2D eigenvalue weighted by Gasteiger charge is 2.28. The van der Waals surface area contributed by atoms with E-state index in [9.17, 15) is 14.7 Å². The molecule has 0 spiro atoms. The molecule has 3 rings (SSSR count). The van der Waals surface area contributed by atoms with Crippen LogP contribution in [0.15, 0.2) is 35.3 Å². The first-order valence-electron chi connectivity index (χ1n) is 11.0. The molecule has 1 unspecified atom stereocenters. The summed E-state index contributed by atoms with van der Waals surface area (Å²) in [5, 5.41) is 9.76. The molecule has 0 bridgehead atoms. The zero-order chi connectivity index (χ0) is 24.1. The molecular formula is C25H39NO5. The maximum atomic E-state index is 12.4. The predicted molar refractivity (Wildman–Crippen MR) is 127 cm³/mol. The number of phenols is 1. The number of aromatic hydroxyl groups is 1. The number of aromatic nitrogens is 1. The highest BCUT2D eigenvalue weighted by Crippen LogP contribution is 2.38. The molecule has 1 N–H and O–H groups in total. The lowest BCUT2D eigenvalue weighted by Gasteiger charge is -2.33. The van der Waals surface area contributed by atoms with Crippen LogP contribution in [-0.2, 0) is 15.9 Å². The van der Waals surface area contributed by atoms with Crippen LogP contribution in [0.25, 0.3) is 11.3 Å². The summed E-state index contributed by atoms with van der Waals surface area (Å²) in [6, 6.07) is 6.77. The molecule has 0 amide bonds. The van der Waals surface area contributed by atoms with Crippen molar-refractivity contribution < 1.29 is 19.4 Å². The average Bonchev–Trinajstić information content (AvgIpc) is 2.76. The van der Waals surface area contributed by atoms with Gasteiger partial charge in [-0.05, 0) is 43.0 Å². The van der Waals surface area contributed by atoms with E-state index >= 15 is 0 Å². The van der Waals surface area contributed by atoms with Crippen molar-refractivity contribution in [3.05, 3.63) is 51.8 Å². The Kier molecular flexibility index (Phi) is 13.2. The third-order valence-electron chi connectivity index (χ3n) is 4.50. The molecule has 31 heavy (non-hydrogen) atoms. The van der Waals surface area contributed by atoms with Crippen molar-refractivity contribution in [2.45, 2.75) is 60.9 Å². The Morgan fingerprint density at radius 1 is 1.16 bits per heavy atom. The highest BCUT2D eigenvalue weighted by molar-refractivity contribution is 5.89. The second-order valence-corrected chi connectivity index (χ2v) is 6.83. The molecule has 6 nitrogen and oxygen atoms in total. The molecule has 0 aliphatic carbocycles. The Bertz CT molecular complexity index is 871. The van der Waals surface area contributed by atoms with E-state index in [-0.39, 0.29) is 29.4 Å². The van der Waals surface area contributed by atoms with Crippen molar-refractivity contribution in [1.29, 1.82) is 0 Å². The summed E-state index contributed by atoms with van der Waals surface area (Å²) < 4.78 is 11.2. The molecule has 0 radical (unpaired) electrons. The second kappa shape index (κ2) is 14.4. The summed E-state index contributed by atoms with van der Waals surface area (Å²) in [7, 11) is 3.25. The number of methoxy groups -OCH3 is 1. The highest BCUT2D eigenvalue weighted by atomic mass is 16.5. The van der Waals surface area contributed by atoms with Crippen LogP contribution < -0.4 is 5.43 Å². The van der Waals surface area contributed by atoms with Gasteiger partial charge in [0.2, 0.25) is 0 Å². The van der Waals surface area contributed by atoms with Gasteiger partial charge in [0.1, 0.15) is 11.3 Å². The van der Waals surface area contributed by atoms with E-state index in [0.29, 0.717) is 5.92 Å². The van der Waals surface area contributed by atoms with Gasteiger partial charge in [0.15, 0.2) is 5.43 Å². The Balaban J connectivity index is 0.00000116. The van der Waals surface area contributed by atoms with Crippen molar-refractivity contribution in [2.75, 3.05) is 20.8 Å². The Morgan fingerprint density at radius 2 is 1.74 bits per heavy atom. The molecule has 2 heterocycles. The predicted octanol–water partition coefficient (Wildman–Crippen LogP) is 5.47. The maximum Gasteiger partial charge on any atom is 0.343 e. The fourth-order valence-electron chi connectivity index (χ4n) is 3.28. The van der Waals surface area contributed by atoms with Crippen molar-refractivity contribution >= 4 is 5.97 Å². The van der Waals surface area contributed by atoms with E-state index in [1.54, 1.807) is 39.5 Å². The molecule has 6 heteroatoms. The molecule has 1 aromatic carbocycles. The van der Waals surface area contributed by atoms with Crippen LogP contribution in [0.3, 0.4) is 0 Å². The summed E-state index contributed by atoms with van der Waals surface area (Å²) in [4.78, 5) is 24.4. The smallest absolute Gasteiger partial charge is 0.343 e. The summed E-state index contributed by atoms with van der Waals surface area (Å²) in [6.45, 7) is 14.2. The number of esters is 1. The molecule has 174 valence electrons. The molecule has 1 aliphatic rings. The monoisotopic (exact) mass is 433 g/mol. The van der Waals surface area contributed by atoms with Crippen LogP contribution in [0.2, 0.25) is 0 Å². The minimum absolute atomic E-state index is 0.0634. The number of carbonyl (C=O) groups excluding carboxylic acids is 1. The third kappa shape index (κ3) is 7.24. The van der Waals surface area contributed by atoms with E-state index in [1.165, 1.54) is 6.07 Å². The summed E-state index contributed by atoms with van der Waals surface area (Å²) in [6.07, 6.45) is 2.36. The van der Waals surface area contributed by atoms with Crippen molar-refractivity contribution in [1.82, 2.24) is 4.57 Å². The van der Waals surface area contributed by atoms with Gasteiger partial charge in [-0.15, -0.1) is 0 Å². The van der Waals surface area contributed by atoms with Gasteiger partial charge >= 0.3 is 5.97 Å². The number of ether oxygens (including phenoxy) is 2. The largest absolute Gasteiger partial charge is 0.508 e. The van der Waals surface area contributed by atoms with Crippen LogP contribution in [0.4, 0.5) is 0 Å². The van der Waals surface area contributed by atoms with E-state index in [4.69, 9.17) is 4.74 Å². The van der Waals surface area contributed by atoms with Gasteiger partial charge in [-0.25, -0.2) is 4.79 Å². The molecular weight excluding hydrogens is 394 g/mol. The van der Waals surface area contributed by atoms with Gasteiger partial charge in [-0.2, -0.15) is 0 Å². The average molecular weight is 434 g/mol. The van der Waals surface area contributed by atoms with Gasteiger partial charge in [0, 0.05) is 38.1 Å². The zero-order valence-corrected chi connectivity index (χ0v) is 20.5. The number of phenolic OH excluding ortho intramolecular Hbond substituents is 1. The standard InChI is InChI=1S/C19H21NO4.C2H6O.2C2H6/c1-4-24-19(23)15-10-20-16(11(2)3)8-12-7-13(21)5-6-14(12)17(20)9-18(15)22;1-3-2;2*1-2/h5-7,9-11,16,21H,4,8H2,1-3H3;1-2H3;2*1-2H3. The van der Waals surface area contributed by atoms with Gasteiger partial charge < -0.3 is 19.1 Å². The third-order valence-corrected chi connectivity index (χ3v) is 4.50. The topological polar surface area (TPSA) is 77.8 Å². The van der Waals surface area contributed by atoms with Gasteiger partial charge in [0.25, 0.3) is 0 Å². The first-order chi connectivity index (χ1) is 14.8. The lowest BCUT2D eigenvalue weighted by Crippen LogP contribution is -2.28. The Labute approximate surface area is 186 Å². The molecule has 2 aromatic rings. The van der Waals surface area contributed by atoms with Gasteiger partial charge in [-0.3, -0.25) is 4.79 Å². The van der Waals surface area contributed by atoms with Crippen molar-refractivity contribution in [3.8, 4) is 17.0 Å². The number of carbonyl (C=O) groups is 1. The van der Waals surface area contributed by atoms with Crippen LogP contribution in [0.5, 0.6) is 5.75 Å². The van der Waals surface area contributed by atoms with Crippen LogP contribution in [0, 0.1) is 5.92 Å². The van der Waals surface area contributed by atoms with Gasteiger partial charge in [0.05, 0.1) is 12.3 Å². The summed E-state index contributed by atoms with van der Waals surface area (Å²) in [5.74, 6) is -0.0659. The molecule has 1 aromatic heterocycles. The molecule has 0 saturated carbocycles. The van der Waals surface area contributed by atoms with Gasteiger partial charge in [-0.1, -0.05) is 41.5 Å². The van der Waals surface area contributed by atoms with Crippen molar-refractivity contribution in [3.63, 3.8) is 0 Å². The maximum absolute atomic E-state index is 12.4. The molecule has 0 saturated heterocycles. The van der Waals surface area contributed by atoms with E-state index in [1.807, 2.05) is 38.3 Å². The first-order valence-corrected chi connectivity index (χ1v) is 11.0. The second-order valence-electron chi connectivity index (χ2n) is 6.83. The van der Waals surface area contributed by atoms with E-state index in [0.717, 1.165) is 23.2 Å². The Morgan fingerprint density at radius 3 is 2.26 bits per heavy atom. The summed E-state index contributed by atoms with van der Waals surface area (Å²) in [5.41, 5.74) is 2.42. The number of rotatable bonds is 3.